The lowest BCUT2D eigenvalue weighted by atomic mass is 10.1. The third-order valence-corrected chi connectivity index (χ3v) is 9.68. The van der Waals surface area contributed by atoms with Crippen LogP contribution in [0.15, 0.2) is 131 Å². The van der Waals surface area contributed by atoms with E-state index in [9.17, 15) is 45.5 Å². The van der Waals surface area contributed by atoms with Crippen molar-refractivity contribution in [2.75, 3.05) is 0 Å². The first-order valence-corrected chi connectivity index (χ1v) is 19.7. The van der Waals surface area contributed by atoms with Gasteiger partial charge in [-0.25, -0.2) is 60.4 Å². The molecule has 0 radical (unpaired) electrons. The molecule has 0 spiro atoms. The predicted molar refractivity (Wildman–Crippen MR) is 227 cm³/mol. The van der Waals surface area contributed by atoms with Crippen LogP contribution >= 0.6 is 0 Å². The van der Waals surface area contributed by atoms with Crippen LogP contribution in [0.2, 0.25) is 0 Å². The summed E-state index contributed by atoms with van der Waals surface area (Å²) in [5, 5.41) is 17.3. The SMILES string of the molecule is CCCC(=O)c1cnc(-c2cccc(Cn3nc(-c4cc(F)c(F)c(F)c4)ccc3=O)c2)nc1.O=C(O)c1cnc(-c2cccc(Cn3nc(-c4cc(F)c(F)c(F)c4)ccc3=O)c2)nc1. The molecule has 8 aromatic rings. The number of hydrogen-bond acceptors (Lipinski definition) is 10. The van der Waals surface area contributed by atoms with Crippen molar-refractivity contribution in [1.82, 2.24) is 39.5 Å². The number of carboxylic acids is 1. The van der Waals surface area contributed by atoms with Crippen molar-refractivity contribution in [2.24, 2.45) is 0 Å². The average Bonchev–Trinajstić information content (AvgIpc) is 3.31. The molecule has 332 valence electrons. The topological polar surface area (TPSA) is 176 Å². The molecular formula is C47H32F6N8O5. The molecule has 0 aliphatic heterocycles. The summed E-state index contributed by atoms with van der Waals surface area (Å²) in [4.78, 5) is 64.2. The number of carbonyl (C=O) groups excluding carboxylic acids is 1. The molecule has 19 heteroatoms. The van der Waals surface area contributed by atoms with E-state index in [1.807, 2.05) is 6.92 Å². The smallest absolute Gasteiger partial charge is 0.338 e. The molecule has 0 unspecified atom stereocenters. The highest BCUT2D eigenvalue weighted by molar-refractivity contribution is 5.95. The van der Waals surface area contributed by atoms with Crippen LogP contribution in [0.5, 0.6) is 0 Å². The summed E-state index contributed by atoms with van der Waals surface area (Å²) in [5.74, 6) is -9.01. The van der Waals surface area contributed by atoms with Crippen molar-refractivity contribution in [3.63, 3.8) is 0 Å². The summed E-state index contributed by atoms with van der Waals surface area (Å²) < 4.78 is 83.1. The number of aromatic carboxylic acids is 1. The number of halogens is 6. The molecule has 0 atom stereocenters. The Bertz CT molecular complexity index is 3190. The molecule has 13 nitrogen and oxygen atoms in total. The highest BCUT2D eigenvalue weighted by Gasteiger charge is 2.16. The lowest BCUT2D eigenvalue weighted by molar-refractivity contribution is 0.0695. The number of ketones is 1. The average molecular weight is 903 g/mol. The summed E-state index contributed by atoms with van der Waals surface area (Å²) in [6.45, 7) is 2.02. The van der Waals surface area contributed by atoms with Gasteiger partial charge in [-0.2, -0.15) is 10.2 Å². The van der Waals surface area contributed by atoms with E-state index < -0.39 is 52.0 Å². The molecule has 0 amide bonds. The summed E-state index contributed by atoms with van der Waals surface area (Å²) in [7, 11) is 0. The van der Waals surface area contributed by atoms with Gasteiger partial charge in [-0.1, -0.05) is 43.3 Å². The number of carboxylic acid groups (broad SMARTS) is 1. The second kappa shape index (κ2) is 19.9. The highest BCUT2D eigenvalue weighted by Crippen LogP contribution is 2.24. The Morgan fingerprint density at radius 3 is 1.30 bits per heavy atom. The molecule has 0 aliphatic carbocycles. The van der Waals surface area contributed by atoms with Gasteiger partial charge in [0.05, 0.1) is 35.6 Å². The number of carbonyl (C=O) groups is 2. The fourth-order valence-electron chi connectivity index (χ4n) is 6.38. The first-order chi connectivity index (χ1) is 31.7. The van der Waals surface area contributed by atoms with Crippen molar-refractivity contribution in [3.8, 4) is 45.3 Å². The van der Waals surface area contributed by atoms with Gasteiger partial charge in [0, 0.05) is 65.6 Å². The predicted octanol–water partition coefficient (Wildman–Crippen LogP) is 8.35. The van der Waals surface area contributed by atoms with Crippen molar-refractivity contribution in [2.45, 2.75) is 32.9 Å². The summed E-state index contributed by atoms with van der Waals surface area (Å²) in [6.07, 6.45) is 6.52. The normalized spacial score (nSPS) is 10.9. The lowest BCUT2D eigenvalue weighted by Gasteiger charge is -2.09. The van der Waals surface area contributed by atoms with Gasteiger partial charge >= 0.3 is 5.97 Å². The Kier molecular flexibility index (Phi) is 13.7. The third-order valence-electron chi connectivity index (χ3n) is 9.68. The van der Waals surface area contributed by atoms with Gasteiger partial charge in [0.2, 0.25) is 0 Å². The van der Waals surface area contributed by atoms with Crippen LogP contribution in [0.1, 0.15) is 51.6 Å². The van der Waals surface area contributed by atoms with Crippen LogP contribution in [0.4, 0.5) is 26.3 Å². The first kappa shape index (κ1) is 45.5. The molecule has 66 heavy (non-hydrogen) atoms. The van der Waals surface area contributed by atoms with Crippen molar-refractivity contribution < 1.29 is 41.0 Å². The Balaban J connectivity index is 0.000000197. The molecule has 1 N–H and O–H groups in total. The zero-order valence-corrected chi connectivity index (χ0v) is 34.3. The standard InChI is InChI=1S/C25H19F3N4O2.C22H13F3N4O3/c1-2-4-22(33)18-12-29-25(30-13-18)16-6-3-5-15(9-16)14-32-23(34)8-7-21(31-32)17-10-19(26)24(28)20(27)11-17;23-16-7-14(8-17(24)20(16)25)18-4-5-19(30)29(28-18)11-12-2-1-3-13(6-12)21-26-9-15(10-27-21)22(31)32/h3,5-13H,2,4,14H2,1H3;1-10H,11H2,(H,31,32). The quantitative estimate of drug-likeness (QED) is 0.0709. The number of aromatic nitrogens is 8. The summed E-state index contributed by atoms with van der Waals surface area (Å²) >= 11 is 0. The molecule has 4 heterocycles. The zero-order valence-electron chi connectivity index (χ0n) is 34.3. The number of benzene rings is 4. The monoisotopic (exact) mass is 902 g/mol. The van der Waals surface area contributed by atoms with Gasteiger partial charge in [-0.3, -0.25) is 14.4 Å². The molecule has 8 rings (SSSR count). The van der Waals surface area contributed by atoms with Gasteiger partial charge in [-0.15, -0.1) is 0 Å². The molecule has 4 aromatic carbocycles. The maximum Gasteiger partial charge on any atom is 0.338 e. The Hall–Kier alpha value is -8.48. The van der Waals surface area contributed by atoms with E-state index in [0.717, 1.165) is 40.0 Å². The molecule has 0 saturated heterocycles. The Morgan fingerprint density at radius 2 is 0.924 bits per heavy atom. The summed E-state index contributed by atoms with van der Waals surface area (Å²) in [6, 6.07) is 22.2. The molecule has 0 saturated carbocycles. The number of hydrogen-bond donors (Lipinski definition) is 1. The second-order valence-corrected chi connectivity index (χ2v) is 14.4. The number of Topliss-reactive ketones (excluding diaryl/α,β-unsaturated/α-hetero) is 1. The van der Waals surface area contributed by atoms with Crippen molar-refractivity contribution in [3.05, 3.63) is 200 Å². The van der Waals surface area contributed by atoms with Crippen LogP contribution < -0.4 is 11.1 Å². The van der Waals surface area contributed by atoms with Crippen LogP contribution in [-0.4, -0.2) is 56.4 Å². The van der Waals surface area contributed by atoms with Gasteiger partial charge in [-0.05, 0) is 66.1 Å². The zero-order chi connectivity index (χ0) is 47.1. The van der Waals surface area contributed by atoms with E-state index >= 15 is 0 Å². The third kappa shape index (κ3) is 10.6. The van der Waals surface area contributed by atoms with E-state index in [1.165, 1.54) is 49.1 Å². The number of rotatable bonds is 12. The van der Waals surface area contributed by atoms with Gasteiger partial charge in [0.1, 0.15) is 0 Å². The largest absolute Gasteiger partial charge is 0.478 e. The minimum absolute atomic E-state index is 0.00464. The van der Waals surface area contributed by atoms with Gasteiger partial charge in [0.25, 0.3) is 11.1 Å². The fourth-order valence-corrected chi connectivity index (χ4v) is 6.38. The first-order valence-electron chi connectivity index (χ1n) is 19.7. The van der Waals surface area contributed by atoms with Crippen LogP contribution in [-0.2, 0) is 13.1 Å². The van der Waals surface area contributed by atoms with Crippen LogP contribution in [0, 0.1) is 34.9 Å². The highest BCUT2D eigenvalue weighted by atomic mass is 19.2. The molecule has 4 aromatic heterocycles. The maximum absolute atomic E-state index is 13.6. The fraction of sp³-hybridized carbons (Fsp3) is 0.106. The van der Waals surface area contributed by atoms with E-state index in [0.29, 0.717) is 45.9 Å². The molecule has 0 bridgehead atoms. The molecule has 0 aliphatic rings. The Labute approximate surface area is 369 Å². The van der Waals surface area contributed by atoms with E-state index in [2.05, 4.69) is 30.1 Å². The maximum atomic E-state index is 13.6. The van der Waals surface area contributed by atoms with E-state index in [4.69, 9.17) is 5.11 Å². The minimum Gasteiger partial charge on any atom is -0.478 e. The number of nitrogens with zero attached hydrogens (tertiary/aromatic N) is 8. The van der Waals surface area contributed by atoms with E-state index in [1.54, 1.807) is 48.5 Å². The molecular weight excluding hydrogens is 871 g/mol. The minimum atomic E-state index is -1.59. The van der Waals surface area contributed by atoms with Gasteiger partial charge < -0.3 is 5.11 Å². The second-order valence-electron chi connectivity index (χ2n) is 14.4. The summed E-state index contributed by atoms with van der Waals surface area (Å²) in [5.41, 5.74) is 2.33. The molecule has 0 fully saturated rings. The van der Waals surface area contributed by atoms with E-state index in [-0.39, 0.29) is 47.0 Å². The van der Waals surface area contributed by atoms with Crippen molar-refractivity contribution >= 4 is 11.8 Å². The lowest BCUT2D eigenvalue weighted by Crippen LogP contribution is -2.22. The van der Waals surface area contributed by atoms with Crippen molar-refractivity contribution in [1.29, 1.82) is 0 Å². The van der Waals surface area contributed by atoms with Crippen LogP contribution in [0.3, 0.4) is 0 Å². The van der Waals surface area contributed by atoms with Crippen LogP contribution in [0.25, 0.3) is 45.3 Å². The van der Waals surface area contributed by atoms with Gasteiger partial charge in [0.15, 0.2) is 52.3 Å². The Morgan fingerprint density at radius 1 is 0.530 bits per heavy atom.